The molecular formula is C23H21F3N4O2. The molecule has 2 heterocycles. The van der Waals surface area contributed by atoms with Gasteiger partial charge in [0.25, 0.3) is 11.5 Å². The molecule has 32 heavy (non-hydrogen) atoms. The summed E-state index contributed by atoms with van der Waals surface area (Å²) in [6.07, 6.45) is 0.945. The van der Waals surface area contributed by atoms with Gasteiger partial charge in [0.15, 0.2) is 0 Å². The number of nitrogens with zero attached hydrogens (tertiary/aromatic N) is 3. The van der Waals surface area contributed by atoms with Crippen molar-refractivity contribution >= 4 is 5.91 Å². The quantitative estimate of drug-likeness (QED) is 0.656. The summed E-state index contributed by atoms with van der Waals surface area (Å²) in [5, 5.41) is 7.22. The predicted octanol–water partition coefficient (Wildman–Crippen LogP) is 4.24. The minimum atomic E-state index is -4.60. The van der Waals surface area contributed by atoms with E-state index in [4.69, 9.17) is 0 Å². The fourth-order valence-electron chi connectivity index (χ4n) is 4.02. The molecule has 1 saturated carbocycles. The Morgan fingerprint density at radius 1 is 0.969 bits per heavy atom. The topological polar surface area (TPSA) is 76.9 Å². The zero-order valence-electron chi connectivity index (χ0n) is 17.0. The zero-order chi connectivity index (χ0) is 22.7. The highest BCUT2D eigenvalue weighted by Gasteiger charge is 2.35. The van der Waals surface area contributed by atoms with Gasteiger partial charge in [-0.15, -0.1) is 0 Å². The highest BCUT2D eigenvalue weighted by Crippen LogP contribution is 2.32. The third kappa shape index (κ3) is 4.71. The maximum atomic E-state index is 13.2. The first kappa shape index (κ1) is 21.7. The van der Waals surface area contributed by atoms with Gasteiger partial charge in [0, 0.05) is 30.1 Å². The first-order valence-corrected chi connectivity index (χ1v) is 10.3. The van der Waals surface area contributed by atoms with Crippen LogP contribution in [0.5, 0.6) is 0 Å². The summed E-state index contributed by atoms with van der Waals surface area (Å²) in [6.45, 7) is 0. The Kier molecular flexibility index (Phi) is 6.07. The molecule has 1 amide bonds. The minimum Gasteiger partial charge on any atom is -0.349 e. The average molecular weight is 442 g/mol. The van der Waals surface area contributed by atoms with Crippen molar-refractivity contribution < 1.29 is 18.0 Å². The summed E-state index contributed by atoms with van der Waals surface area (Å²) in [5.41, 5.74) is -0.0430. The summed E-state index contributed by atoms with van der Waals surface area (Å²) in [5.74, 6) is -0.739. The van der Waals surface area contributed by atoms with E-state index in [0.717, 1.165) is 11.6 Å². The van der Waals surface area contributed by atoms with Crippen LogP contribution in [0.4, 0.5) is 13.2 Å². The van der Waals surface area contributed by atoms with Crippen LogP contribution < -0.4 is 10.9 Å². The second-order valence-electron chi connectivity index (χ2n) is 7.76. The van der Waals surface area contributed by atoms with Gasteiger partial charge < -0.3 is 5.32 Å². The minimum absolute atomic E-state index is 0.139. The highest BCUT2D eigenvalue weighted by atomic mass is 19.4. The second-order valence-corrected chi connectivity index (χ2v) is 7.76. The molecule has 166 valence electrons. The Morgan fingerprint density at radius 2 is 1.66 bits per heavy atom. The highest BCUT2D eigenvalue weighted by molar-refractivity contribution is 5.96. The SMILES string of the molecule is O=C(NC1CCC(n2nc(-c3ccncc3)ccc2=O)CC1)c1ccccc1C(F)(F)F. The van der Waals surface area contributed by atoms with Crippen LogP contribution in [-0.4, -0.2) is 26.7 Å². The Morgan fingerprint density at radius 3 is 2.34 bits per heavy atom. The number of pyridine rings is 1. The number of hydrogen-bond donors (Lipinski definition) is 1. The lowest BCUT2D eigenvalue weighted by Crippen LogP contribution is -2.40. The van der Waals surface area contributed by atoms with Crippen LogP contribution in [0.1, 0.15) is 47.6 Å². The van der Waals surface area contributed by atoms with E-state index in [-0.39, 0.29) is 23.2 Å². The van der Waals surface area contributed by atoms with Gasteiger partial charge in [-0.1, -0.05) is 12.1 Å². The van der Waals surface area contributed by atoms with Crippen molar-refractivity contribution in [2.75, 3.05) is 0 Å². The van der Waals surface area contributed by atoms with E-state index in [1.165, 1.54) is 28.9 Å². The van der Waals surface area contributed by atoms with E-state index in [2.05, 4.69) is 15.4 Å². The Bertz CT molecular complexity index is 1150. The molecule has 1 fully saturated rings. The molecule has 1 N–H and O–H groups in total. The van der Waals surface area contributed by atoms with Gasteiger partial charge in [-0.05, 0) is 56.0 Å². The molecule has 0 spiro atoms. The molecule has 2 aromatic heterocycles. The predicted molar refractivity (Wildman–Crippen MR) is 112 cm³/mol. The van der Waals surface area contributed by atoms with Crippen molar-refractivity contribution in [3.05, 3.63) is 82.4 Å². The van der Waals surface area contributed by atoms with Gasteiger partial charge in [0.1, 0.15) is 0 Å². The van der Waals surface area contributed by atoms with Crippen LogP contribution in [0.2, 0.25) is 0 Å². The lowest BCUT2D eigenvalue weighted by Gasteiger charge is -2.30. The third-order valence-corrected chi connectivity index (χ3v) is 5.66. The molecule has 3 aromatic rings. The molecule has 6 nitrogen and oxygen atoms in total. The number of amides is 1. The molecule has 0 atom stereocenters. The van der Waals surface area contributed by atoms with Crippen LogP contribution in [0.3, 0.4) is 0 Å². The van der Waals surface area contributed by atoms with Crippen LogP contribution in [-0.2, 0) is 6.18 Å². The van der Waals surface area contributed by atoms with Crippen molar-refractivity contribution in [3.8, 4) is 11.3 Å². The van der Waals surface area contributed by atoms with E-state index >= 15 is 0 Å². The number of carbonyl (C=O) groups is 1. The largest absolute Gasteiger partial charge is 0.417 e. The molecule has 0 unspecified atom stereocenters. The summed E-state index contributed by atoms with van der Waals surface area (Å²) < 4.78 is 41.1. The Hall–Kier alpha value is -3.49. The molecule has 9 heteroatoms. The maximum Gasteiger partial charge on any atom is 0.417 e. The van der Waals surface area contributed by atoms with Crippen molar-refractivity contribution in [3.63, 3.8) is 0 Å². The van der Waals surface area contributed by atoms with Crippen molar-refractivity contribution in [1.29, 1.82) is 0 Å². The van der Waals surface area contributed by atoms with Crippen molar-refractivity contribution in [2.45, 2.75) is 43.9 Å². The maximum absolute atomic E-state index is 13.2. The van der Waals surface area contributed by atoms with Crippen LogP contribution in [0, 0.1) is 0 Å². The van der Waals surface area contributed by atoms with Gasteiger partial charge in [-0.25, -0.2) is 4.68 Å². The average Bonchev–Trinajstić information content (AvgIpc) is 2.80. The summed E-state index contributed by atoms with van der Waals surface area (Å²) in [4.78, 5) is 28.9. The van der Waals surface area contributed by atoms with E-state index in [1.54, 1.807) is 18.5 Å². The molecule has 0 aliphatic heterocycles. The molecule has 0 saturated heterocycles. The number of nitrogens with one attached hydrogen (secondary N) is 1. The number of halogens is 3. The fourth-order valence-corrected chi connectivity index (χ4v) is 4.02. The normalized spacial score (nSPS) is 18.8. The number of aromatic nitrogens is 3. The number of benzene rings is 1. The molecule has 0 radical (unpaired) electrons. The van der Waals surface area contributed by atoms with E-state index in [9.17, 15) is 22.8 Å². The summed E-state index contributed by atoms with van der Waals surface area (Å²) in [6, 6.07) is 11.1. The molecule has 1 aromatic carbocycles. The van der Waals surface area contributed by atoms with Crippen LogP contribution in [0.25, 0.3) is 11.3 Å². The van der Waals surface area contributed by atoms with Gasteiger partial charge in [0.05, 0.1) is 22.9 Å². The third-order valence-electron chi connectivity index (χ3n) is 5.66. The lowest BCUT2D eigenvalue weighted by molar-refractivity contribution is -0.137. The summed E-state index contributed by atoms with van der Waals surface area (Å²) in [7, 11) is 0. The van der Waals surface area contributed by atoms with E-state index in [1.807, 2.05) is 12.1 Å². The van der Waals surface area contributed by atoms with Gasteiger partial charge >= 0.3 is 6.18 Å². The van der Waals surface area contributed by atoms with Gasteiger partial charge in [0.2, 0.25) is 0 Å². The number of rotatable bonds is 4. The summed E-state index contributed by atoms with van der Waals surface area (Å²) >= 11 is 0. The van der Waals surface area contributed by atoms with E-state index < -0.39 is 17.6 Å². The monoisotopic (exact) mass is 442 g/mol. The zero-order valence-corrected chi connectivity index (χ0v) is 17.0. The molecule has 0 bridgehead atoms. The Labute approximate surface area is 182 Å². The Balaban J connectivity index is 1.43. The number of carbonyl (C=O) groups excluding carboxylic acids is 1. The van der Waals surface area contributed by atoms with Gasteiger partial charge in [-0.3, -0.25) is 14.6 Å². The molecule has 1 aliphatic carbocycles. The van der Waals surface area contributed by atoms with E-state index in [0.29, 0.717) is 31.4 Å². The van der Waals surface area contributed by atoms with Crippen molar-refractivity contribution in [2.24, 2.45) is 0 Å². The molecule has 1 aliphatic rings. The molecule has 4 rings (SSSR count). The van der Waals surface area contributed by atoms with Crippen LogP contribution in [0.15, 0.2) is 65.7 Å². The van der Waals surface area contributed by atoms with Crippen molar-refractivity contribution in [1.82, 2.24) is 20.1 Å². The fraction of sp³-hybridized carbons (Fsp3) is 0.304. The number of hydrogen-bond acceptors (Lipinski definition) is 4. The van der Waals surface area contributed by atoms with Crippen LogP contribution >= 0.6 is 0 Å². The molecular weight excluding hydrogens is 421 g/mol. The first-order chi connectivity index (χ1) is 15.3. The lowest BCUT2D eigenvalue weighted by atomic mass is 9.91. The second kappa shape index (κ2) is 8.94. The standard InChI is InChI=1S/C23H21F3N4O2/c24-23(25,26)19-4-2-1-3-18(19)22(32)28-16-5-7-17(8-6-16)30-21(31)10-9-20(29-30)15-11-13-27-14-12-15/h1-4,9-14,16-17H,5-8H2,(H,28,32). The van der Waals surface area contributed by atoms with Gasteiger partial charge in [-0.2, -0.15) is 18.3 Å². The first-order valence-electron chi connectivity index (χ1n) is 10.3. The number of alkyl halides is 3. The smallest absolute Gasteiger partial charge is 0.349 e.